The summed E-state index contributed by atoms with van der Waals surface area (Å²) in [5.74, 6) is -1.52. The molecule has 7 nitrogen and oxygen atoms in total. The highest BCUT2D eigenvalue weighted by Crippen LogP contribution is 2.16. The molecule has 0 spiro atoms. The lowest BCUT2D eigenvalue weighted by molar-refractivity contribution is -0.137. The number of hydrogen-bond donors (Lipinski definition) is 5. The highest BCUT2D eigenvalue weighted by atomic mass is 79.9. The van der Waals surface area contributed by atoms with Gasteiger partial charge in [0.15, 0.2) is 0 Å². The van der Waals surface area contributed by atoms with Crippen molar-refractivity contribution < 1.29 is 19.8 Å². The van der Waals surface area contributed by atoms with E-state index in [2.05, 4.69) is 40.4 Å². The Bertz CT molecular complexity index is 656. The Morgan fingerprint density at radius 2 is 0.896 bits per heavy atom. The predicted octanol–water partition coefficient (Wildman–Crippen LogP) is 11.2. The molecular weight excluding hydrogens is 666 g/mol. The van der Waals surface area contributed by atoms with Crippen LogP contribution in [0.15, 0.2) is 0 Å². The molecule has 0 radical (unpaired) electrons. The van der Waals surface area contributed by atoms with Crippen molar-refractivity contribution in [2.45, 2.75) is 217 Å². The fourth-order valence-corrected chi connectivity index (χ4v) is 6.44. The van der Waals surface area contributed by atoms with Gasteiger partial charge < -0.3 is 26.6 Å². The molecule has 0 heterocycles. The van der Waals surface area contributed by atoms with E-state index >= 15 is 0 Å². The molecule has 0 aliphatic carbocycles. The van der Waals surface area contributed by atoms with Gasteiger partial charge in [-0.15, -0.1) is 0 Å². The first-order valence-electron chi connectivity index (χ1n) is 20.6. The monoisotopic (exact) mass is 748 g/mol. The Kier molecular flexibility index (Phi) is 43.7. The zero-order chi connectivity index (χ0) is 35.8. The van der Waals surface area contributed by atoms with Crippen molar-refractivity contribution in [1.82, 2.24) is 10.6 Å². The third kappa shape index (κ3) is 43.3. The van der Waals surface area contributed by atoms with Crippen LogP contribution in [0.25, 0.3) is 0 Å². The molecule has 2 atom stereocenters. The second-order valence-electron chi connectivity index (χ2n) is 14.0. The quantitative estimate of drug-likeness (QED) is 0.0314. The smallest absolute Gasteiger partial charge is 0.317 e. The third-order valence-electron chi connectivity index (χ3n) is 9.24. The zero-order valence-electron chi connectivity index (χ0n) is 31.9. The summed E-state index contributed by atoms with van der Waals surface area (Å²) in [5.41, 5.74) is 5.49. The van der Waals surface area contributed by atoms with Gasteiger partial charge in [0.1, 0.15) is 4.83 Å². The molecule has 0 saturated heterocycles. The van der Waals surface area contributed by atoms with Crippen LogP contribution in [0.1, 0.15) is 206 Å². The number of alkyl halides is 1. The van der Waals surface area contributed by atoms with Crippen LogP contribution in [0.3, 0.4) is 0 Å². The summed E-state index contributed by atoms with van der Waals surface area (Å²) < 4.78 is 0. The molecule has 0 aromatic carbocycles. The number of hydrogen-bond acceptors (Lipinski definition) is 5. The van der Waals surface area contributed by atoms with E-state index in [4.69, 9.17) is 15.9 Å². The number of unbranched alkanes of at least 4 members (excludes halogenated alkanes) is 26. The van der Waals surface area contributed by atoms with Gasteiger partial charge >= 0.3 is 11.9 Å². The molecule has 8 heteroatoms. The summed E-state index contributed by atoms with van der Waals surface area (Å²) in [7, 11) is 0. The van der Waals surface area contributed by atoms with Crippen LogP contribution in [-0.2, 0) is 9.59 Å². The number of carboxylic acid groups (broad SMARTS) is 2. The van der Waals surface area contributed by atoms with Crippen LogP contribution in [0.4, 0.5) is 0 Å². The average Bonchev–Trinajstić information content (AvgIpc) is 3.07. The summed E-state index contributed by atoms with van der Waals surface area (Å²) in [6.45, 7) is 6.77. The van der Waals surface area contributed by atoms with Crippen molar-refractivity contribution in [1.29, 1.82) is 0 Å². The average molecular weight is 749 g/mol. The Hall–Kier alpha value is -0.700. The normalized spacial score (nSPS) is 12.4. The maximum absolute atomic E-state index is 10.7. The molecule has 0 bridgehead atoms. The summed E-state index contributed by atoms with van der Waals surface area (Å²) in [4.78, 5) is 21.0. The van der Waals surface area contributed by atoms with E-state index in [9.17, 15) is 9.59 Å². The van der Waals surface area contributed by atoms with Crippen LogP contribution >= 0.6 is 15.9 Å². The standard InChI is InChI=1S/C22H47N3O2.C18H35BrO2/c1-2-3-4-5-6-7-8-9-10-11-12-13-14-15-16-21(19-24-18-17-23)25-20-22(26)27;1-2-3-4-5-6-7-8-9-10-11-12-13-14-15-16-17(19)18(20)21/h21,24-25H,2-20,23H2,1H3,(H,26,27);17H,2-16H2,1H3,(H,20,21). The second-order valence-corrected chi connectivity index (χ2v) is 15.1. The van der Waals surface area contributed by atoms with E-state index < -0.39 is 11.9 Å². The zero-order valence-corrected chi connectivity index (χ0v) is 33.4. The first kappa shape index (κ1) is 49.4. The van der Waals surface area contributed by atoms with Crippen LogP contribution in [0.5, 0.6) is 0 Å². The molecule has 0 fully saturated rings. The number of nitrogens with one attached hydrogen (secondary N) is 2. The van der Waals surface area contributed by atoms with Crippen LogP contribution < -0.4 is 16.4 Å². The fraction of sp³-hybridized carbons (Fsp3) is 0.950. The fourth-order valence-electron chi connectivity index (χ4n) is 6.11. The van der Waals surface area contributed by atoms with E-state index in [1.165, 1.54) is 173 Å². The number of nitrogens with two attached hydrogens (primary N) is 1. The van der Waals surface area contributed by atoms with Gasteiger partial charge in [0, 0.05) is 25.7 Å². The van der Waals surface area contributed by atoms with Crippen molar-refractivity contribution in [3.05, 3.63) is 0 Å². The molecule has 0 aromatic heterocycles. The lowest BCUT2D eigenvalue weighted by Gasteiger charge is -2.18. The molecule has 0 aromatic rings. The van der Waals surface area contributed by atoms with Gasteiger partial charge in [-0.2, -0.15) is 0 Å². The number of halogens is 1. The van der Waals surface area contributed by atoms with Crippen molar-refractivity contribution in [2.24, 2.45) is 5.73 Å². The molecule has 288 valence electrons. The first-order valence-corrected chi connectivity index (χ1v) is 21.5. The van der Waals surface area contributed by atoms with Gasteiger partial charge in [-0.25, -0.2) is 0 Å². The lowest BCUT2D eigenvalue weighted by Crippen LogP contribution is -2.42. The molecule has 48 heavy (non-hydrogen) atoms. The highest BCUT2D eigenvalue weighted by molar-refractivity contribution is 9.10. The number of carbonyl (C=O) groups is 2. The lowest BCUT2D eigenvalue weighted by atomic mass is 10.0. The minimum atomic E-state index is -0.792. The minimum absolute atomic E-state index is 0.0353. The van der Waals surface area contributed by atoms with E-state index in [0.717, 1.165) is 32.4 Å². The number of rotatable bonds is 38. The van der Waals surface area contributed by atoms with Crippen molar-refractivity contribution >= 4 is 27.9 Å². The van der Waals surface area contributed by atoms with E-state index in [1.807, 2.05) is 0 Å². The Morgan fingerprint density at radius 3 is 1.21 bits per heavy atom. The van der Waals surface area contributed by atoms with Crippen LogP contribution in [0.2, 0.25) is 0 Å². The highest BCUT2D eigenvalue weighted by Gasteiger charge is 2.11. The molecule has 0 aliphatic heterocycles. The van der Waals surface area contributed by atoms with Gasteiger partial charge in [-0.1, -0.05) is 210 Å². The molecule has 0 aliphatic rings. The molecule has 0 rings (SSSR count). The van der Waals surface area contributed by atoms with Gasteiger partial charge in [0.05, 0.1) is 6.54 Å². The predicted molar refractivity (Wildman–Crippen MR) is 212 cm³/mol. The number of aliphatic carboxylic acids is 2. The van der Waals surface area contributed by atoms with Gasteiger partial charge in [0.25, 0.3) is 0 Å². The maximum Gasteiger partial charge on any atom is 0.317 e. The summed E-state index contributed by atoms with van der Waals surface area (Å²) >= 11 is 3.18. The van der Waals surface area contributed by atoms with Gasteiger partial charge in [-0.3, -0.25) is 9.59 Å². The molecular formula is C40H82BrN3O4. The van der Waals surface area contributed by atoms with Gasteiger partial charge in [-0.05, 0) is 12.8 Å². The molecule has 6 N–H and O–H groups in total. The minimum Gasteiger partial charge on any atom is -0.480 e. The van der Waals surface area contributed by atoms with Gasteiger partial charge in [0.2, 0.25) is 0 Å². The van der Waals surface area contributed by atoms with Crippen molar-refractivity contribution in [2.75, 3.05) is 26.2 Å². The SMILES string of the molecule is CCCCCCCCCCCCCCCCC(Br)C(=O)O.CCCCCCCCCCCCCCCCC(CNCCN)NCC(=O)O. The van der Waals surface area contributed by atoms with Crippen molar-refractivity contribution in [3.63, 3.8) is 0 Å². The Morgan fingerprint density at radius 1 is 0.562 bits per heavy atom. The Balaban J connectivity index is 0. The summed E-state index contributed by atoms with van der Waals surface area (Å²) in [6.07, 6.45) is 39.6. The Labute approximate surface area is 306 Å². The largest absolute Gasteiger partial charge is 0.480 e. The maximum atomic E-state index is 10.7. The van der Waals surface area contributed by atoms with E-state index in [0.29, 0.717) is 6.54 Å². The topological polar surface area (TPSA) is 125 Å². The van der Waals surface area contributed by atoms with E-state index in [-0.39, 0.29) is 17.4 Å². The van der Waals surface area contributed by atoms with Crippen LogP contribution in [0, 0.1) is 0 Å². The summed E-state index contributed by atoms with van der Waals surface area (Å²) in [5, 5.41) is 24.0. The first-order chi connectivity index (χ1) is 23.4. The second kappa shape index (κ2) is 42.5. The molecule has 0 amide bonds. The molecule has 0 saturated carbocycles. The van der Waals surface area contributed by atoms with E-state index in [1.54, 1.807) is 0 Å². The molecule has 2 unspecified atom stereocenters. The number of carboxylic acids is 2. The summed E-state index contributed by atoms with van der Waals surface area (Å²) in [6, 6.07) is 0.227. The third-order valence-corrected chi connectivity index (χ3v) is 10.1. The van der Waals surface area contributed by atoms with Crippen LogP contribution in [-0.4, -0.2) is 59.2 Å². The van der Waals surface area contributed by atoms with Crippen molar-refractivity contribution in [3.8, 4) is 0 Å².